The Morgan fingerprint density at radius 1 is 1.20 bits per heavy atom. The molecule has 1 amide bonds. The molecule has 4 rings (SSSR count). The number of benzene rings is 1. The van der Waals surface area contributed by atoms with Gasteiger partial charge in [-0.3, -0.25) is 9.36 Å². The molecule has 3 N–H and O–H groups in total. The maximum Gasteiger partial charge on any atom is 0.341 e. The highest BCUT2D eigenvalue weighted by Gasteiger charge is 2.28. The van der Waals surface area contributed by atoms with Crippen LogP contribution in [0.25, 0.3) is 5.69 Å². The Morgan fingerprint density at radius 3 is 2.67 bits per heavy atom. The van der Waals surface area contributed by atoms with Gasteiger partial charge in [-0.25, -0.2) is 4.79 Å². The molecule has 0 atom stereocenters. The summed E-state index contributed by atoms with van der Waals surface area (Å²) >= 11 is 8.05. The maximum atomic E-state index is 13.1. The monoisotopic (exact) mass is 459 g/mol. The fraction of sp³-hybridized carbons (Fsp3) is 0.286. The number of nitrogens with two attached hydrogens (primary N) is 1. The Kier molecular flexibility index (Phi) is 6.03. The molecule has 0 spiro atoms. The van der Waals surface area contributed by atoms with Gasteiger partial charge in [-0.2, -0.15) is 0 Å². The maximum absolute atomic E-state index is 13.1. The van der Waals surface area contributed by atoms with Gasteiger partial charge in [0.15, 0.2) is 3.95 Å². The molecule has 1 aromatic carbocycles. The molecule has 0 bridgehead atoms. The molecule has 1 aliphatic carbocycles. The van der Waals surface area contributed by atoms with Crippen LogP contribution in [0.4, 0.5) is 10.8 Å². The second-order valence-electron chi connectivity index (χ2n) is 6.84. The highest BCUT2D eigenvalue weighted by atomic mass is 32.1. The second kappa shape index (κ2) is 8.71. The molecule has 0 fully saturated rings. The Labute approximate surface area is 187 Å². The Bertz CT molecular complexity index is 1160. The van der Waals surface area contributed by atoms with Gasteiger partial charge in [-0.1, -0.05) is 29.5 Å². The smallest absolute Gasteiger partial charge is 0.341 e. The highest BCUT2D eigenvalue weighted by Crippen LogP contribution is 2.39. The second-order valence-corrected chi connectivity index (χ2v) is 9.59. The van der Waals surface area contributed by atoms with Crippen LogP contribution in [0.5, 0.6) is 0 Å². The summed E-state index contributed by atoms with van der Waals surface area (Å²) in [5, 5.41) is 3.43. The average molecular weight is 460 g/mol. The molecule has 0 unspecified atom stereocenters. The van der Waals surface area contributed by atoms with E-state index < -0.39 is 5.97 Å². The molecule has 30 heavy (non-hydrogen) atoms. The van der Waals surface area contributed by atoms with E-state index in [-0.39, 0.29) is 18.3 Å². The van der Waals surface area contributed by atoms with E-state index in [1.165, 1.54) is 11.3 Å². The summed E-state index contributed by atoms with van der Waals surface area (Å²) in [5.74, 6) is -0.482. The number of hydrogen-bond acceptors (Lipinski definition) is 7. The van der Waals surface area contributed by atoms with Gasteiger partial charge in [0.1, 0.15) is 15.7 Å². The molecular weight excluding hydrogens is 438 g/mol. The van der Waals surface area contributed by atoms with E-state index in [0.717, 1.165) is 53.1 Å². The Hall–Kier alpha value is -2.49. The summed E-state index contributed by atoms with van der Waals surface area (Å²) in [4.78, 5) is 27.2. The number of rotatable bonds is 5. The number of esters is 1. The number of nitrogens with one attached hydrogen (secondary N) is 1. The first-order chi connectivity index (χ1) is 14.5. The van der Waals surface area contributed by atoms with Crippen LogP contribution in [0.3, 0.4) is 0 Å². The zero-order chi connectivity index (χ0) is 21.3. The van der Waals surface area contributed by atoms with Crippen molar-refractivity contribution in [3.63, 3.8) is 0 Å². The largest absolute Gasteiger partial charge is 0.462 e. The van der Waals surface area contributed by atoms with Crippen molar-refractivity contribution < 1.29 is 14.3 Å². The Morgan fingerprint density at radius 2 is 1.93 bits per heavy atom. The number of amides is 1. The standard InChI is InChI=1S/C21H21N3O3S3/c1-2-27-20(26)15-13-10-6-7-11-14(13)29-19(15)23-18(25)16-17(22)24(21(28)30-16)12-8-4-3-5-9-12/h3-5,8-9H,2,6-7,10-11,22H2,1H3,(H,23,25). The van der Waals surface area contributed by atoms with E-state index >= 15 is 0 Å². The lowest BCUT2D eigenvalue weighted by Gasteiger charge is -2.12. The molecule has 6 nitrogen and oxygen atoms in total. The summed E-state index contributed by atoms with van der Waals surface area (Å²) in [7, 11) is 0. The average Bonchev–Trinajstić information content (AvgIpc) is 3.25. The number of aryl methyl sites for hydroxylation is 1. The van der Waals surface area contributed by atoms with Crippen molar-refractivity contribution in [1.29, 1.82) is 0 Å². The zero-order valence-corrected chi connectivity index (χ0v) is 18.8. The lowest BCUT2D eigenvalue weighted by molar-refractivity contribution is 0.0526. The lowest BCUT2D eigenvalue weighted by Crippen LogP contribution is -2.16. The zero-order valence-electron chi connectivity index (χ0n) is 16.4. The molecule has 2 heterocycles. The summed E-state index contributed by atoms with van der Waals surface area (Å²) in [6.07, 6.45) is 3.84. The van der Waals surface area contributed by atoms with Gasteiger partial charge in [0.2, 0.25) is 0 Å². The molecule has 1 aliphatic rings. The van der Waals surface area contributed by atoms with Gasteiger partial charge in [0.25, 0.3) is 5.91 Å². The van der Waals surface area contributed by atoms with Crippen molar-refractivity contribution in [3.05, 3.63) is 55.2 Å². The number of nitrogen functional groups attached to an aromatic ring is 1. The highest BCUT2D eigenvalue weighted by molar-refractivity contribution is 7.73. The third-order valence-corrected chi connectivity index (χ3v) is 7.54. The normalized spacial score (nSPS) is 13.0. The van der Waals surface area contributed by atoms with Crippen LogP contribution in [0.15, 0.2) is 30.3 Å². The van der Waals surface area contributed by atoms with Gasteiger partial charge < -0.3 is 15.8 Å². The predicted molar refractivity (Wildman–Crippen MR) is 124 cm³/mol. The number of carbonyl (C=O) groups is 2. The molecule has 0 aliphatic heterocycles. The van der Waals surface area contributed by atoms with Crippen LogP contribution in [-0.2, 0) is 17.6 Å². The fourth-order valence-corrected chi connectivity index (χ4v) is 6.14. The minimum Gasteiger partial charge on any atom is -0.462 e. The van der Waals surface area contributed by atoms with E-state index in [2.05, 4.69) is 5.32 Å². The molecule has 2 aromatic heterocycles. The topological polar surface area (TPSA) is 86.3 Å². The third kappa shape index (κ3) is 3.80. The number of hydrogen-bond donors (Lipinski definition) is 2. The number of thiophene rings is 1. The van der Waals surface area contributed by atoms with Gasteiger partial charge in [0.05, 0.1) is 12.2 Å². The first-order valence-electron chi connectivity index (χ1n) is 9.71. The number of carbonyl (C=O) groups excluding carboxylic acids is 2. The summed E-state index contributed by atoms with van der Waals surface area (Å²) in [5.41, 5.74) is 8.57. The number of thiazole rings is 1. The molecule has 0 radical (unpaired) electrons. The number of para-hydroxylation sites is 1. The minimum atomic E-state index is -0.394. The molecule has 0 saturated carbocycles. The number of anilines is 2. The fourth-order valence-electron chi connectivity index (χ4n) is 3.60. The van der Waals surface area contributed by atoms with Crippen molar-refractivity contribution in [2.24, 2.45) is 0 Å². The summed E-state index contributed by atoms with van der Waals surface area (Å²) < 4.78 is 7.43. The molecular formula is C21H21N3O3S3. The van der Waals surface area contributed by atoms with Crippen molar-refractivity contribution in [2.75, 3.05) is 17.7 Å². The van der Waals surface area contributed by atoms with Gasteiger partial charge in [-0.05, 0) is 62.5 Å². The molecule has 9 heteroatoms. The first kappa shape index (κ1) is 20.8. The first-order valence-corrected chi connectivity index (χ1v) is 11.7. The van der Waals surface area contributed by atoms with Crippen LogP contribution in [0, 0.1) is 3.95 Å². The van der Waals surface area contributed by atoms with Crippen molar-refractivity contribution in [1.82, 2.24) is 4.57 Å². The van der Waals surface area contributed by atoms with Crippen molar-refractivity contribution >= 4 is 57.6 Å². The number of ether oxygens (including phenoxy) is 1. The minimum absolute atomic E-state index is 0.283. The van der Waals surface area contributed by atoms with Gasteiger partial charge >= 0.3 is 5.97 Å². The number of aromatic nitrogens is 1. The molecule has 156 valence electrons. The van der Waals surface area contributed by atoms with Gasteiger partial charge in [-0.15, -0.1) is 11.3 Å². The van der Waals surface area contributed by atoms with Crippen LogP contribution < -0.4 is 11.1 Å². The van der Waals surface area contributed by atoms with Gasteiger partial charge in [0, 0.05) is 10.6 Å². The third-order valence-electron chi connectivity index (χ3n) is 4.94. The predicted octanol–water partition coefficient (Wildman–Crippen LogP) is 5.22. The van der Waals surface area contributed by atoms with E-state index in [4.69, 9.17) is 22.7 Å². The van der Waals surface area contributed by atoms with E-state index in [9.17, 15) is 9.59 Å². The van der Waals surface area contributed by atoms with Crippen LogP contribution >= 0.6 is 34.9 Å². The van der Waals surface area contributed by atoms with E-state index in [1.807, 2.05) is 30.3 Å². The number of nitrogens with zero attached hydrogens (tertiary/aromatic N) is 1. The van der Waals surface area contributed by atoms with Crippen LogP contribution in [-0.4, -0.2) is 23.1 Å². The SMILES string of the molecule is CCOC(=O)c1c(NC(=O)c2sc(=S)n(-c3ccccc3)c2N)sc2c1CCCC2. The van der Waals surface area contributed by atoms with E-state index in [1.54, 1.807) is 11.5 Å². The van der Waals surface area contributed by atoms with Crippen molar-refractivity contribution in [2.45, 2.75) is 32.6 Å². The van der Waals surface area contributed by atoms with E-state index in [0.29, 0.717) is 19.4 Å². The number of fused-ring (bicyclic) bond motifs is 1. The Balaban J connectivity index is 1.69. The summed E-state index contributed by atoms with van der Waals surface area (Å²) in [6, 6.07) is 9.43. The van der Waals surface area contributed by atoms with Crippen LogP contribution in [0.2, 0.25) is 0 Å². The summed E-state index contributed by atoms with van der Waals surface area (Å²) in [6.45, 7) is 2.06. The molecule has 0 saturated heterocycles. The quantitative estimate of drug-likeness (QED) is 0.404. The van der Waals surface area contributed by atoms with Crippen molar-refractivity contribution in [3.8, 4) is 5.69 Å². The molecule has 3 aromatic rings. The van der Waals surface area contributed by atoms with Crippen LogP contribution in [0.1, 0.15) is 50.2 Å². The lowest BCUT2D eigenvalue weighted by atomic mass is 9.95.